The van der Waals surface area contributed by atoms with Crippen molar-refractivity contribution in [2.75, 3.05) is 24.0 Å². The molecule has 0 fully saturated rings. The fraction of sp³-hybridized carbons (Fsp3) is 0.133. The highest BCUT2D eigenvalue weighted by Gasteiger charge is 2.46. The number of nitrogens with zero attached hydrogens (tertiary/aromatic N) is 2. The van der Waals surface area contributed by atoms with E-state index in [9.17, 15) is 0 Å². The molecule has 67 heavy (non-hydrogen) atoms. The number of rotatable bonds is 5. The molecule has 320 valence electrons. The molecule has 0 saturated heterocycles. The first-order chi connectivity index (χ1) is 32.5. The number of anilines is 6. The molecule has 4 heterocycles. The van der Waals surface area contributed by atoms with Gasteiger partial charge in [-0.25, -0.2) is 0 Å². The predicted molar refractivity (Wildman–Crippen MR) is 290 cm³/mol. The minimum atomic E-state index is -2.02. The van der Waals surface area contributed by atoms with Crippen LogP contribution in [0.25, 0.3) is 54.6 Å². The van der Waals surface area contributed by atoms with Crippen LogP contribution in [0.4, 0.5) is 34.1 Å². The first-order valence-corrected chi connectivity index (χ1v) is 27.2. The molecule has 0 aromatic heterocycles. The quantitative estimate of drug-likeness (QED) is 0.127. The number of fused-ring (bicyclic) bond motifs is 8. The zero-order chi connectivity index (χ0) is 45.4. The van der Waals surface area contributed by atoms with Crippen LogP contribution in [-0.2, 0) is 0 Å². The van der Waals surface area contributed by atoms with Crippen LogP contribution in [0.2, 0.25) is 19.6 Å². The number of aryl methyl sites for hydroxylation is 3. The van der Waals surface area contributed by atoms with E-state index in [1.54, 1.807) is 7.11 Å². The van der Waals surface area contributed by atoms with Crippen LogP contribution in [0.15, 0.2) is 146 Å². The van der Waals surface area contributed by atoms with Crippen molar-refractivity contribution in [1.29, 1.82) is 0 Å². The van der Waals surface area contributed by atoms with E-state index < -0.39 is 8.07 Å². The minimum Gasteiger partial charge on any atom is -0.497 e. The molecule has 0 spiro atoms. The SMILES string of the molecule is COc1ccc2c(c1)N(c1ccccc1)c1cc(C)cc3c1B2c1cc2c([Si](C)(C)C)cc4c5c(cc6c(C)cc-3c1c6c25)B1c2ccc(C)cc2N(c2ccccc2)c2cc(OC)cc-4c21. The lowest BCUT2D eigenvalue weighted by Gasteiger charge is -2.43. The van der Waals surface area contributed by atoms with Crippen LogP contribution in [-0.4, -0.2) is 35.7 Å². The molecule has 0 unspecified atom stereocenters. The van der Waals surface area contributed by atoms with Gasteiger partial charge < -0.3 is 19.3 Å². The van der Waals surface area contributed by atoms with Gasteiger partial charge in [0.1, 0.15) is 11.5 Å². The summed E-state index contributed by atoms with van der Waals surface area (Å²) in [6.45, 7) is 14.5. The largest absolute Gasteiger partial charge is 0.497 e. The van der Waals surface area contributed by atoms with Crippen LogP contribution in [0.5, 0.6) is 11.5 Å². The first-order valence-electron chi connectivity index (χ1n) is 23.7. The number of benzene rings is 10. The molecule has 4 aliphatic rings. The summed E-state index contributed by atoms with van der Waals surface area (Å²) in [6.07, 6.45) is 0. The predicted octanol–water partition coefficient (Wildman–Crippen LogP) is 10.6. The van der Waals surface area contributed by atoms with E-state index >= 15 is 0 Å². The van der Waals surface area contributed by atoms with Crippen LogP contribution in [0, 0.1) is 20.8 Å². The number of hydrogen-bond acceptors (Lipinski definition) is 4. The van der Waals surface area contributed by atoms with E-state index in [0.29, 0.717) is 0 Å². The summed E-state index contributed by atoms with van der Waals surface area (Å²) in [4.78, 5) is 4.97. The Hall–Kier alpha value is -7.21. The third-order valence-corrected chi connectivity index (χ3v) is 17.7. The fourth-order valence-electron chi connectivity index (χ4n) is 13.0. The Morgan fingerprint density at radius 3 is 1.57 bits per heavy atom. The second-order valence-electron chi connectivity index (χ2n) is 20.5. The Morgan fingerprint density at radius 2 is 0.940 bits per heavy atom. The third-order valence-electron chi connectivity index (χ3n) is 15.7. The van der Waals surface area contributed by atoms with Gasteiger partial charge >= 0.3 is 0 Å². The maximum Gasteiger partial charge on any atom is 0.248 e. The highest BCUT2D eigenvalue weighted by molar-refractivity contribution is 7.03. The standard InChI is InChI=1S/C60H48B2N2O2Si/c1-33-19-21-46-50(24-33)63(36-15-11-9-12-16-36)53-29-39(66-5)27-44-42-32-54(67(6,7)8)45-31-49-55-41(26-35(3)40-30-48(61(46)60(44)53)56(42)58(45)57(40)55)43-23-34(2)25-52-59(43)62(49)47-22-20-38(65-4)28-51(47)64(52)37-17-13-10-14-18-37/h9-32H,1-8H3. The number of hydrogen-bond donors (Lipinski definition) is 0. The molecule has 4 nitrogen and oxygen atoms in total. The van der Waals surface area contributed by atoms with E-state index in [1.165, 1.54) is 132 Å². The third kappa shape index (κ3) is 5.10. The molecule has 0 radical (unpaired) electrons. The summed E-state index contributed by atoms with van der Waals surface area (Å²) in [5.41, 5.74) is 24.5. The van der Waals surface area contributed by atoms with Gasteiger partial charge in [-0.1, -0.05) is 121 Å². The fourth-order valence-corrected chi connectivity index (χ4v) is 14.6. The van der Waals surface area contributed by atoms with Gasteiger partial charge in [-0.05, 0) is 162 Å². The lowest BCUT2D eigenvalue weighted by molar-refractivity contribution is 0.415. The molecule has 0 bridgehead atoms. The van der Waals surface area contributed by atoms with Crippen molar-refractivity contribution in [1.82, 2.24) is 0 Å². The zero-order valence-electron chi connectivity index (χ0n) is 39.2. The lowest BCUT2D eigenvalue weighted by atomic mass is 9.31. The Kier molecular flexibility index (Phi) is 7.83. The molecular weight excluding hydrogens is 830 g/mol. The molecule has 4 aliphatic heterocycles. The number of ether oxygens (including phenoxy) is 2. The molecule has 0 aliphatic carbocycles. The molecule has 0 N–H and O–H groups in total. The molecule has 10 aromatic carbocycles. The van der Waals surface area contributed by atoms with Crippen LogP contribution < -0.4 is 57.2 Å². The molecule has 0 atom stereocenters. The molecule has 0 saturated carbocycles. The van der Waals surface area contributed by atoms with Gasteiger partial charge in [0, 0.05) is 46.3 Å². The van der Waals surface area contributed by atoms with Crippen molar-refractivity contribution < 1.29 is 9.47 Å². The Labute approximate surface area is 393 Å². The molecule has 0 amide bonds. The van der Waals surface area contributed by atoms with E-state index in [-0.39, 0.29) is 13.4 Å². The first kappa shape index (κ1) is 39.0. The van der Waals surface area contributed by atoms with Crippen LogP contribution >= 0.6 is 0 Å². The highest BCUT2D eigenvalue weighted by Crippen LogP contribution is 2.50. The van der Waals surface area contributed by atoms with E-state index in [4.69, 9.17) is 9.47 Å². The molecule has 10 aromatic rings. The molecular formula is C60H48B2N2O2Si. The molecule has 7 heteroatoms. The van der Waals surface area contributed by atoms with Gasteiger partial charge in [0.15, 0.2) is 0 Å². The number of methoxy groups -OCH3 is 2. The van der Waals surface area contributed by atoms with Crippen molar-refractivity contribution in [3.8, 4) is 33.8 Å². The van der Waals surface area contributed by atoms with Crippen molar-refractivity contribution in [2.45, 2.75) is 40.4 Å². The second kappa shape index (κ2) is 13.5. The zero-order valence-corrected chi connectivity index (χ0v) is 40.2. The van der Waals surface area contributed by atoms with Gasteiger partial charge in [0.25, 0.3) is 0 Å². The van der Waals surface area contributed by atoms with Gasteiger partial charge in [0.2, 0.25) is 13.4 Å². The summed E-state index contributed by atoms with van der Waals surface area (Å²) in [7, 11) is 1.57. The van der Waals surface area contributed by atoms with Gasteiger partial charge in [-0.15, -0.1) is 0 Å². The van der Waals surface area contributed by atoms with Crippen molar-refractivity contribution >= 4 is 126 Å². The summed E-state index contributed by atoms with van der Waals surface area (Å²) in [5, 5.41) is 9.90. The van der Waals surface area contributed by atoms with Gasteiger partial charge in [0.05, 0.1) is 22.3 Å². The average molecular weight is 879 g/mol. The van der Waals surface area contributed by atoms with Crippen molar-refractivity contribution in [2.24, 2.45) is 0 Å². The Morgan fingerprint density at radius 1 is 0.418 bits per heavy atom. The van der Waals surface area contributed by atoms with Gasteiger partial charge in [-0.3, -0.25) is 0 Å². The topological polar surface area (TPSA) is 24.9 Å². The van der Waals surface area contributed by atoms with E-state index in [0.717, 1.165) is 22.9 Å². The van der Waals surface area contributed by atoms with E-state index in [2.05, 4.69) is 196 Å². The summed E-state index contributed by atoms with van der Waals surface area (Å²) >= 11 is 0. The van der Waals surface area contributed by atoms with Crippen LogP contribution in [0.1, 0.15) is 16.7 Å². The van der Waals surface area contributed by atoms with Crippen molar-refractivity contribution in [3.63, 3.8) is 0 Å². The summed E-state index contributed by atoms with van der Waals surface area (Å²) in [5.74, 6) is 1.74. The second-order valence-corrected chi connectivity index (χ2v) is 25.6. The Balaban J connectivity index is 1.16. The maximum absolute atomic E-state index is 6.27. The highest BCUT2D eigenvalue weighted by atomic mass is 28.3. The maximum atomic E-state index is 6.27. The van der Waals surface area contributed by atoms with Gasteiger partial charge in [-0.2, -0.15) is 0 Å². The lowest BCUT2D eigenvalue weighted by Crippen LogP contribution is -2.60. The average Bonchev–Trinajstić information content (AvgIpc) is 3.33. The summed E-state index contributed by atoms with van der Waals surface area (Å²) in [6, 6.07) is 55.6. The van der Waals surface area contributed by atoms with E-state index in [1.807, 2.05) is 7.11 Å². The minimum absolute atomic E-state index is 0.0276. The normalized spacial score (nSPS) is 13.9. The Bertz CT molecular complexity index is 3820. The van der Waals surface area contributed by atoms with Crippen LogP contribution in [0.3, 0.4) is 0 Å². The van der Waals surface area contributed by atoms with Crippen molar-refractivity contribution in [3.05, 3.63) is 162 Å². The molecule has 14 rings (SSSR count). The smallest absolute Gasteiger partial charge is 0.248 e. The summed E-state index contributed by atoms with van der Waals surface area (Å²) < 4.78 is 12.3. The number of para-hydroxylation sites is 2. The monoisotopic (exact) mass is 878 g/mol.